The fourth-order valence-corrected chi connectivity index (χ4v) is 2.27. The molecule has 0 fully saturated rings. The lowest BCUT2D eigenvalue weighted by Gasteiger charge is -2.17. The molecule has 0 aromatic carbocycles. The third-order valence-corrected chi connectivity index (χ3v) is 3.20. The molecule has 1 unspecified atom stereocenters. The molecular formula is C13H20N4O3. The van der Waals surface area contributed by atoms with Crippen molar-refractivity contribution in [3.63, 3.8) is 0 Å². The maximum Gasteiger partial charge on any atom is 0.257 e. The predicted molar refractivity (Wildman–Crippen MR) is 73.4 cm³/mol. The van der Waals surface area contributed by atoms with Gasteiger partial charge in [0, 0.05) is 25.3 Å². The van der Waals surface area contributed by atoms with E-state index < -0.39 is 0 Å². The minimum atomic E-state index is -0.215. The molecular weight excluding hydrogens is 260 g/mol. The van der Waals surface area contributed by atoms with E-state index in [2.05, 4.69) is 15.6 Å². The Bertz CT molecular complexity index is 541. The first-order chi connectivity index (χ1) is 9.61. The molecule has 2 rings (SSSR count). The van der Waals surface area contributed by atoms with Gasteiger partial charge < -0.3 is 15.4 Å². The van der Waals surface area contributed by atoms with E-state index in [4.69, 9.17) is 4.74 Å². The highest BCUT2D eigenvalue weighted by Crippen LogP contribution is 2.05. The number of ether oxygens (including phenoxy) is 1. The van der Waals surface area contributed by atoms with E-state index in [1.165, 1.54) is 10.9 Å². The van der Waals surface area contributed by atoms with Crippen LogP contribution in [0.5, 0.6) is 0 Å². The number of rotatable bonds is 5. The smallest absolute Gasteiger partial charge is 0.257 e. The number of nitrogens with one attached hydrogen (secondary N) is 2. The number of carbonyl (C=O) groups excluding carboxylic acids is 1. The van der Waals surface area contributed by atoms with Gasteiger partial charge in [-0.3, -0.25) is 14.2 Å². The summed E-state index contributed by atoms with van der Waals surface area (Å²) in [4.78, 5) is 28.3. The van der Waals surface area contributed by atoms with Gasteiger partial charge in [0.1, 0.15) is 6.54 Å². The summed E-state index contributed by atoms with van der Waals surface area (Å²) in [6.07, 6.45) is 2.10. The number of nitrogens with zero attached hydrogens (tertiary/aromatic N) is 2. The topological polar surface area (TPSA) is 85.2 Å². The lowest BCUT2D eigenvalue weighted by Crippen LogP contribution is -2.41. The first-order valence-corrected chi connectivity index (χ1v) is 6.68. The normalized spacial score (nSPS) is 15.5. The number of hydrogen-bond acceptors (Lipinski definition) is 5. The van der Waals surface area contributed by atoms with Crippen molar-refractivity contribution in [2.45, 2.75) is 32.5 Å². The van der Waals surface area contributed by atoms with Gasteiger partial charge in [0.05, 0.1) is 18.6 Å². The van der Waals surface area contributed by atoms with Crippen molar-refractivity contribution in [3.8, 4) is 0 Å². The van der Waals surface area contributed by atoms with Crippen LogP contribution in [0.1, 0.15) is 18.2 Å². The zero-order valence-corrected chi connectivity index (χ0v) is 11.8. The highest BCUT2D eigenvalue weighted by Gasteiger charge is 2.16. The van der Waals surface area contributed by atoms with Crippen molar-refractivity contribution in [2.75, 3.05) is 20.3 Å². The Balaban J connectivity index is 2.06. The molecule has 0 spiro atoms. The number of amides is 1. The summed E-state index contributed by atoms with van der Waals surface area (Å²) in [7, 11) is 1.58. The predicted octanol–water partition coefficient (Wildman–Crippen LogP) is -0.960. The molecule has 1 aliphatic heterocycles. The van der Waals surface area contributed by atoms with Crippen LogP contribution in [0.25, 0.3) is 0 Å². The van der Waals surface area contributed by atoms with Crippen molar-refractivity contribution in [1.82, 2.24) is 20.2 Å². The Morgan fingerprint density at radius 3 is 3.20 bits per heavy atom. The Hall–Kier alpha value is -1.73. The quantitative estimate of drug-likeness (QED) is 0.725. The largest absolute Gasteiger partial charge is 0.383 e. The highest BCUT2D eigenvalue weighted by atomic mass is 16.5. The monoisotopic (exact) mass is 280 g/mol. The molecule has 2 N–H and O–H groups in total. The lowest BCUT2D eigenvalue weighted by molar-refractivity contribution is -0.122. The number of fused-ring (bicyclic) bond motifs is 1. The molecule has 2 heterocycles. The maximum absolute atomic E-state index is 12.3. The molecule has 0 saturated heterocycles. The molecule has 1 aromatic rings. The van der Waals surface area contributed by atoms with Gasteiger partial charge in [-0.25, -0.2) is 4.98 Å². The lowest BCUT2D eigenvalue weighted by atomic mass is 10.1. The number of aromatic nitrogens is 2. The second-order valence-corrected chi connectivity index (χ2v) is 4.95. The Morgan fingerprint density at radius 2 is 2.45 bits per heavy atom. The van der Waals surface area contributed by atoms with E-state index in [1.807, 2.05) is 6.92 Å². The van der Waals surface area contributed by atoms with Gasteiger partial charge in [0.25, 0.3) is 5.56 Å². The van der Waals surface area contributed by atoms with E-state index in [0.717, 1.165) is 12.2 Å². The Labute approximate surface area is 117 Å². The third-order valence-electron chi connectivity index (χ3n) is 3.20. The van der Waals surface area contributed by atoms with Crippen molar-refractivity contribution >= 4 is 5.91 Å². The molecule has 7 nitrogen and oxygen atoms in total. The van der Waals surface area contributed by atoms with Gasteiger partial charge in [0.15, 0.2) is 0 Å². The van der Waals surface area contributed by atoms with Crippen LogP contribution in [0.2, 0.25) is 0 Å². The van der Waals surface area contributed by atoms with Gasteiger partial charge in [-0.2, -0.15) is 0 Å². The summed E-state index contributed by atoms with van der Waals surface area (Å²) in [5.41, 5.74) is 1.38. The second-order valence-electron chi connectivity index (χ2n) is 4.95. The van der Waals surface area contributed by atoms with E-state index in [9.17, 15) is 9.59 Å². The van der Waals surface area contributed by atoms with Gasteiger partial charge >= 0.3 is 0 Å². The molecule has 1 aliphatic rings. The molecule has 1 amide bonds. The van der Waals surface area contributed by atoms with Crippen LogP contribution in [0.15, 0.2) is 11.1 Å². The van der Waals surface area contributed by atoms with E-state index >= 15 is 0 Å². The third kappa shape index (κ3) is 3.43. The second kappa shape index (κ2) is 6.62. The standard InChI is InChI=1S/C13H20N4O3/c1-9(7-20-2)16-12(18)6-17-8-15-11-5-14-4-3-10(11)13(17)19/h8-9,14H,3-7H2,1-2H3,(H,16,18). The zero-order chi connectivity index (χ0) is 14.5. The zero-order valence-electron chi connectivity index (χ0n) is 11.8. The average molecular weight is 280 g/mol. The molecule has 1 atom stereocenters. The summed E-state index contributed by atoms with van der Waals surface area (Å²) in [6.45, 7) is 3.66. The molecule has 7 heteroatoms. The number of methoxy groups -OCH3 is 1. The molecule has 1 aromatic heterocycles. The molecule has 20 heavy (non-hydrogen) atoms. The Kier molecular flexibility index (Phi) is 4.86. The molecule has 0 bridgehead atoms. The van der Waals surface area contributed by atoms with Crippen LogP contribution in [-0.4, -0.2) is 41.8 Å². The summed E-state index contributed by atoms with van der Waals surface area (Å²) in [5.74, 6) is -0.215. The molecule has 0 aliphatic carbocycles. The van der Waals surface area contributed by atoms with Crippen molar-refractivity contribution < 1.29 is 9.53 Å². The van der Waals surface area contributed by atoms with E-state index in [-0.39, 0.29) is 24.1 Å². The van der Waals surface area contributed by atoms with Crippen molar-refractivity contribution in [2.24, 2.45) is 0 Å². The first kappa shape index (κ1) is 14.7. The fraction of sp³-hybridized carbons (Fsp3) is 0.615. The summed E-state index contributed by atoms with van der Waals surface area (Å²) in [5, 5.41) is 5.94. The van der Waals surface area contributed by atoms with Crippen LogP contribution < -0.4 is 16.2 Å². The van der Waals surface area contributed by atoms with E-state index in [1.54, 1.807) is 7.11 Å². The number of hydrogen-bond donors (Lipinski definition) is 2. The number of carbonyl (C=O) groups is 1. The van der Waals surface area contributed by atoms with Crippen LogP contribution in [-0.2, 0) is 29.0 Å². The molecule has 110 valence electrons. The van der Waals surface area contributed by atoms with E-state index in [0.29, 0.717) is 25.1 Å². The highest BCUT2D eigenvalue weighted by molar-refractivity contribution is 5.76. The van der Waals surface area contributed by atoms with Gasteiger partial charge in [-0.1, -0.05) is 0 Å². The maximum atomic E-state index is 12.3. The van der Waals surface area contributed by atoms with Crippen LogP contribution in [0.3, 0.4) is 0 Å². The molecule has 0 radical (unpaired) electrons. The minimum absolute atomic E-state index is 0.0133. The van der Waals surface area contributed by atoms with Crippen molar-refractivity contribution in [1.29, 1.82) is 0 Å². The SMILES string of the molecule is COCC(C)NC(=O)Cn1cnc2c(c1=O)CCNC2. The first-order valence-electron chi connectivity index (χ1n) is 6.68. The average Bonchev–Trinajstić information content (AvgIpc) is 2.42. The van der Waals surface area contributed by atoms with Crippen LogP contribution in [0, 0.1) is 0 Å². The van der Waals surface area contributed by atoms with Gasteiger partial charge in [-0.15, -0.1) is 0 Å². The molecule has 0 saturated carbocycles. The minimum Gasteiger partial charge on any atom is -0.383 e. The summed E-state index contributed by atoms with van der Waals surface area (Å²) < 4.78 is 6.31. The summed E-state index contributed by atoms with van der Waals surface area (Å²) in [6, 6.07) is -0.0852. The Morgan fingerprint density at radius 1 is 1.65 bits per heavy atom. The summed E-state index contributed by atoms with van der Waals surface area (Å²) >= 11 is 0. The van der Waals surface area contributed by atoms with Gasteiger partial charge in [0.2, 0.25) is 5.91 Å². The van der Waals surface area contributed by atoms with Crippen molar-refractivity contribution in [3.05, 3.63) is 27.9 Å². The van der Waals surface area contributed by atoms with Gasteiger partial charge in [-0.05, 0) is 19.9 Å². The fourth-order valence-electron chi connectivity index (χ4n) is 2.27. The van der Waals surface area contributed by atoms with Crippen LogP contribution >= 0.6 is 0 Å². The van der Waals surface area contributed by atoms with Crippen LogP contribution in [0.4, 0.5) is 0 Å².